The minimum atomic E-state index is -1.56. The van der Waals surface area contributed by atoms with Gasteiger partial charge in [-0.2, -0.15) is 0 Å². The van der Waals surface area contributed by atoms with Crippen LogP contribution in [0.15, 0.2) is 12.2 Å². The maximum atomic E-state index is 12.8. The Morgan fingerprint density at radius 1 is 0.550 bits per heavy atom. The smallest absolute Gasteiger partial charge is 0.220 e. The second-order valence-corrected chi connectivity index (χ2v) is 18.3. The van der Waals surface area contributed by atoms with Gasteiger partial charge in [0.1, 0.15) is 24.4 Å². The van der Waals surface area contributed by atoms with Gasteiger partial charge >= 0.3 is 0 Å². The predicted octanol–water partition coefficient (Wildman–Crippen LogP) is 11.7. The van der Waals surface area contributed by atoms with Crippen LogP contribution in [0.2, 0.25) is 0 Å². The number of amides is 1. The number of allylic oxidation sites excluding steroid dienone is 1. The lowest BCUT2D eigenvalue weighted by molar-refractivity contribution is -0.302. The Morgan fingerprint density at radius 2 is 0.917 bits per heavy atom. The van der Waals surface area contributed by atoms with Crippen LogP contribution in [0.5, 0.6) is 0 Å². The zero-order valence-corrected chi connectivity index (χ0v) is 39.2. The number of ether oxygens (including phenoxy) is 2. The molecular weight excluding hydrogens is 755 g/mol. The Hall–Kier alpha value is -1.07. The third kappa shape index (κ3) is 31.7. The van der Waals surface area contributed by atoms with Crippen molar-refractivity contribution in [2.24, 2.45) is 0 Å². The number of rotatable bonds is 44. The van der Waals surface area contributed by atoms with Gasteiger partial charge in [0.05, 0.1) is 25.4 Å². The highest BCUT2D eigenvalue weighted by Gasteiger charge is 2.44. The lowest BCUT2D eigenvalue weighted by Crippen LogP contribution is -2.60. The summed E-state index contributed by atoms with van der Waals surface area (Å²) < 4.78 is 11.1. The maximum absolute atomic E-state index is 12.8. The largest absolute Gasteiger partial charge is 0.394 e. The number of unbranched alkanes of at least 4 members (excludes halogenated alkanes) is 34. The summed E-state index contributed by atoms with van der Waals surface area (Å²) in [6.07, 6.45) is 44.1. The highest BCUT2D eigenvalue weighted by Crippen LogP contribution is 2.23. The zero-order chi connectivity index (χ0) is 43.7. The van der Waals surface area contributed by atoms with Gasteiger partial charge in [0.2, 0.25) is 5.91 Å². The normalized spacial score (nSPS) is 20.6. The summed E-state index contributed by atoms with van der Waals surface area (Å²) in [5.74, 6) is -0.184. The van der Waals surface area contributed by atoms with Gasteiger partial charge in [-0.15, -0.1) is 0 Å². The molecule has 0 aliphatic carbocycles. The molecule has 356 valence electrons. The molecule has 0 aromatic heterocycles. The molecule has 0 aromatic rings. The van der Waals surface area contributed by atoms with Crippen LogP contribution < -0.4 is 5.32 Å². The van der Waals surface area contributed by atoms with E-state index in [9.17, 15) is 30.3 Å². The predicted molar refractivity (Wildman–Crippen MR) is 249 cm³/mol. The quantitative estimate of drug-likeness (QED) is 0.0262. The Balaban J connectivity index is 1.91. The van der Waals surface area contributed by atoms with Crippen LogP contribution in [0.4, 0.5) is 0 Å². The fourth-order valence-corrected chi connectivity index (χ4v) is 8.46. The first-order valence-electron chi connectivity index (χ1n) is 25.9. The third-order valence-electron chi connectivity index (χ3n) is 12.6. The molecule has 9 nitrogen and oxygen atoms in total. The Morgan fingerprint density at radius 3 is 1.27 bits per heavy atom. The monoisotopic (exact) mass is 854 g/mol. The number of aliphatic hydroxyl groups is 5. The van der Waals surface area contributed by atoms with Gasteiger partial charge in [0.15, 0.2) is 6.29 Å². The SMILES string of the molecule is CCC/C=C/C(O)C(COC1OC(CO)C(O)C(O)C1O)NC(=O)CCCCCCCCCCCCCCCCCCCCCCCCCCCCCCCCCCCC. The number of carbonyl (C=O) groups is 1. The van der Waals surface area contributed by atoms with E-state index in [0.717, 1.165) is 32.1 Å². The van der Waals surface area contributed by atoms with Crippen LogP contribution >= 0.6 is 0 Å². The average Bonchev–Trinajstić information content (AvgIpc) is 3.25. The first kappa shape index (κ1) is 56.9. The first-order chi connectivity index (χ1) is 29.3. The minimum Gasteiger partial charge on any atom is -0.394 e. The van der Waals surface area contributed by atoms with Crippen LogP contribution in [0.25, 0.3) is 0 Å². The van der Waals surface area contributed by atoms with Crippen molar-refractivity contribution in [2.75, 3.05) is 13.2 Å². The van der Waals surface area contributed by atoms with Crippen LogP contribution in [0.1, 0.15) is 251 Å². The summed E-state index contributed by atoms with van der Waals surface area (Å²) in [5, 5.41) is 53.4. The molecule has 7 unspecified atom stereocenters. The fraction of sp³-hybridized carbons (Fsp3) is 0.941. The zero-order valence-electron chi connectivity index (χ0n) is 39.2. The van der Waals surface area contributed by atoms with Crippen molar-refractivity contribution in [1.29, 1.82) is 0 Å². The van der Waals surface area contributed by atoms with E-state index >= 15 is 0 Å². The van der Waals surface area contributed by atoms with E-state index in [1.807, 2.05) is 13.0 Å². The van der Waals surface area contributed by atoms with Gasteiger partial charge in [-0.3, -0.25) is 4.79 Å². The molecule has 60 heavy (non-hydrogen) atoms. The summed E-state index contributed by atoms with van der Waals surface area (Å²) in [7, 11) is 0. The molecule has 1 heterocycles. The van der Waals surface area contributed by atoms with E-state index in [-0.39, 0.29) is 12.5 Å². The van der Waals surface area contributed by atoms with E-state index in [0.29, 0.717) is 6.42 Å². The molecule has 1 aliphatic rings. The minimum absolute atomic E-state index is 0.184. The van der Waals surface area contributed by atoms with Crippen molar-refractivity contribution in [1.82, 2.24) is 5.32 Å². The molecule has 0 aromatic carbocycles. The Kier molecular flexibility index (Phi) is 39.8. The van der Waals surface area contributed by atoms with E-state index in [1.165, 1.54) is 199 Å². The van der Waals surface area contributed by atoms with Gasteiger partial charge in [-0.1, -0.05) is 244 Å². The van der Waals surface area contributed by atoms with Crippen LogP contribution in [-0.4, -0.2) is 87.5 Å². The second-order valence-electron chi connectivity index (χ2n) is 18.3. The van der Waals surface area contributed by atoms with Crippen molar-refractivity contribution in [2.45, 2.75) is 294 Å². The van der Waals surface area contributed by atoms with E-state index in [1.54, 1.807) is 6.08 Å². The molecule has 6 N–H and O–H groups in total. The molecule has 1 rings (SSSR count). The first-order valence-corrected chi connectivity index (χ1v) is 25.9. The topological polar surface area (TPSA) is 149 Å². The van der Waals surface area contributed by atoms with Crippen molar-refractivity contribution in [3.05, 3.63) is 12.2 Å². The van der Waals surface area contributed by atoms with E-state index < -0.39 is 49.5 Å². The van der Waals surface area contributed by atoms with Crippen LogP contribution in [-0.2, 0) is 14.3 Å². The van der Waals surface area contributed by atoms with Crippen molar-refractivity contribution >= 4 is 5.91 Å². The average molecular weight is 854 g/mol. The molecule has 0 radical (unpaired) electrons. The van der Waals surface area contributed by atoms with Gasteiger partial charge in [0, 0.05) is 6.42 Å². The van der Waals surface area contributed by atoms with Crippen molar-refractivity contribution < 1.29 is 39.8 Å². The molecule has 1 aliphatic heterocycles. The maximum Gasteiger partial charge on any atom is 0.220 e. The van der Waals surface area contributed by atoms with Gasteiger partial charge in [-0.05, 0) is 12.8 Å². The summed E-state index contributed by atoms with van der Waals surface area (Å²) in [6, 6.07) is -0.795. The fourth-order valence-electron chi connectivity index (χ4n) is 8.46. The van der Waals surface area contributed by atoms with Gasteiger partial charge < -0.3 is 40.3 Å². The molecule has 1 fully saturated rings. The van der Waals surface area contributed by atoms with Crippen molar-refractivity contribution in [3.8, 4) is 0 Å². The number of hydrogen-bond donors (Lipinski definition) is 6. The standard InChI is InChI=1S/C51H99NO8/c1-3-5-7-8-9-10-11-12-13-14-15-16-17-18-19-20-21-22-23-24-25-26-27-28-29-30-31-32-33-34-35-36-37-39-41-47(55)52-44(45(54)40-38-6-4-2)43-59-51-50(58)49(57)48(56)46(42-53)60-51/h38,40,44-46,48-51,53-54,56-58H,3-37,39,41-43H2,1-2H3,(H,52,55)/b40-38+. The summed E-state index contributed by atoms with van der Waals surface area (Å²) in [4.78, 5) is 12.8. The van der Waals surface area contributed by atoms with Gasteiger partial charge in [0.25, 0.3) is 0 Å². The highest BCUT2D eigenvalue weighted by molar-refractivity contribution is 5.76. The lowest BCUT2D eigenvalue weighted by Gasteiger charge is -2.40. The number of nitrogens with one attached hydrogen (secondary N) is 1. The van der Waals surface area contributed by atoms with Crippen LogP contribution in [0.3, 0.4) is 0 Å². The van der Waals surface area contributed by atoms with Crippen molar-refractivity contribution in [3.63, 3.8) is 0 Å². The van der Waals surface area contributed by atoms with Gasteiger partial charge in [-0.25, -0.2) is 0 Å². The highest BCUT2D eigenvalue weighted by atomic mass is 16.7. The van der Waals surface area contributed by atoms with E-state index in [4.69, 9.17) is 9.47 Å². The summed E-state index contributed by atoms with van der Waals surface area (Å²) >= 11 is 0. The summed E-state index contributed by atoms with van der Waals surface area (Å²) in [6.45, 7) is 3.58. The molecule has 7 atom stereocenters. The molecule has 9 heteroatoms. The molecule has 0 spiro atoms. The second kappa shape index (κ2) is 41.9. The third-order valence-corrected chi connectivity index (χ3v) is 12.6. The summed E-state index contributed by atoms with van der Waals surface area (Å²) in [5.41, 5.74) is 0. The number of hydrogen-bond acceptors (Lipinski definition) is 8. The molecule has 0 bridgehead atoms. The molecular formula is C51H99NO8. The molecule has 1 saturated heterocycles. The number of aliphatic hydroxyl groups excluding tert-OH is 5. The Labute approximate surface area is 369 Å². The van der Waals surface area contributed by atoms with Crippen LogP contribution in [0, 0.1) is 0 Å². The van der Waals surface area contributed by atoms with E-state index in [2.05, 4.69) is 12.2 Å². The Bertz CT molecular complexity index is 950. The lowest BCUT2D eigenvalue weighted by atomic mass is 9.99. The molecule has 0 saturated carbocycles. The molecule has 1 amide bonds. The number of carbonyl (C=O) groups excluding carboxylic acids is 1.